The number of hydrogen-bond donors (Lipinski definition) is 0. The molecule has 0 radical (unpaired) electrons. The second-order valence-electron chi connectivity index (χ2n) is 5.06. The number of hydrogen-bond acceptors (Lipinski definition) is 2. The molecule has 0 unspecified atom stereocenters. The maximum atomic E-state index is 12.1. The summed E-state index contributed by atoms with van der Waals surface area (Å²) in [4.78, 5) is 14.1. The summed E-state index contributed by atoms with van der Waals surface area (Å²) in [6.07, 6.45) is 3.10. The zero-order chi connectivity index (χ0) is 11.6. The van der Waals surface area contributed by atoms with Gasteiger partial charge in [0.1, 0.15) is 11.9 Å². The van der Waals surface area contributed by atoms with Crippen molar-refractivity contribution in [3.05, 3.63) is 22.7 Å². The zero-order valence-corrected chi connectivity index (χ0v) is 10.8. The summed E-state index contributed by atoms with van der Waals surface area (Å²) in [5.74, 6) is 1.61. The van der Waals surface area contributed by atoms with Crippen LogP contribution < -0.4 is 9.64 Å². The summed E-state index contributed by atoms with van der Waals surface area (Å²) in [5, 5.41) is 0. The fraction of sp³-hybridized carbons (Fsp3) is 0.462. The maximum Gasteiger partial charge on any atom is 0.227 e. The van der Waals surface area contributed by atoms with E-state index < -0.39 is 0 Å². The average Bonchev–Trinajstić information content (AvgIpc) is 2.83. The van der Waals surface area contributed by atoms with Crippen LogP contribution in [0, 0.1) is 5.92 Å². The Balaban J connectivity index is 1.90. The molecule has 4 heteroatoms. The molecule has 1 saturated heterocycles. The van der Waals surface area contributed by atoms with Crippen molar-refractivity contribution in [3.63, 3.8) is 0 Å². The second-order valence-corrected chi connectivity index (χ2v) is 5.98. The predicted octanol–water partition coefficient (Wildman–Crippen LogP) is 2.73. The third-order valence-corrected chi connectivity index (χ3v) is 4.64. The molecule has 0 spiro atoms. The van der Waals surface area contributed by atoms with E-state index in [2.05, 4.69) is 15.9 Å². The molecular weight excluding hydrogens is 282 g/mol. The summed E-state index contributed by atoms with van der Waals surface area (Å²) in [6, 6.07) is 6.19. The van der Waals surface area contributed by atoms with Gasteiger partial charge in [0, 0.05) is 10.9 Å². The molecule has 88 valence electrons. The number of benzene rings is 1. The van der Waals surface area contributed by atoms with Crippen LogP contribution in [0.4, 0.5) is 5.69 Å². The Morgan fingerprint density at radius 1 is 1.35 bits per heavy atom. The lowest BCUT2D eigenvalue weighted by Gasteiger charge is -2.36. The first-order chi connectivity index (χ1) is 8.24. The Morgan fingerprint density at radius 3 is 3.12 bits per heavy atom. The molecule has 1 aromatic rings. The van der Waals surface area contributed by atoms with Gasteiger partial charge in [0.05, 0.1) is 11.7 Å². The molecule has 3 nitrogen and oxygen atoms in total. The van der Waals surface area contributed by atoms with Crippen LogP contribution in [0.1, 0.15) is 19.3 Å². The lowest BCUT2D eigenvalue weighted by atomic mass is 10.0. The molecule has 2 aliphatic heterocycles. The molecule has 2 fully saturated rings. The van der Waals surface area contributed by atoms with Crippen molar-refractivity contribution in [3.8, 4) is 5.75 Å². The molecule has 2 heterocycles. The summed E-state index contributed by atoms with van der Waals surface area (Å²) in [5.41, 5.74) is 0.940. The lowest BCUT2D eigenvalue weighted by molar-refractivity contribution is -0.117. The van der Waals surface area contributed by atoms with Crippen molar-refractivity contribution in [1.82, 2.24) is 0 Å². The topological polar surface area (TPSA) is 29.5 Å². The fourth-order valence-electron chi connectivity index (χ4n) is 3.48. The van der Waals surface area contributed by atoms with Crippen LogP contribution in [-0.4, -0.2) is 18.1 Å². The number of rotatable bonds is 0. The van der Waals surface area contributed by atoms with Gasteiger partial charge in [0.25, 0.3) is 0 Å². The molecule has 1 saturated carbocycles. The average molecular weight is 294 g/mol. The first-order valence-corrected chi connectivity index (χ1v) is 6.81. The third kappa shape index (κ3) is 1.25. The van der Waals surface area contributed by atoms with Crippen LogP contribution in [0.15, 0.2) is 22.7 Å². The quantitative estimate of drug-likeness (QED) is 0.736. The van der Waals surface area contributed by atoms with Crippen LogP contribution >= 0.6 is 15.9 Å². The van der Waals surface area contributed by atoms with E-state index in [0.29, 0.717) is 12.3 Å². The van der Waals surface area contributed by atoms with E-state index in [0.717, 1.165) is 28.8 Å². The molecule has 17 heavy (non-hydrogen) atoms. The van der Waals surface area contributed by atoms with Gasteiger partial charge in [-0.25, -0.2) is 0 Å². The Morgan fingerprint density at radius 2 is 2.24 bits per heavy atom. The molecule has 1 aromatic carbocycles. The number of ether oxygens (including phenoxy) is 1. The molecule has 0 bridgehead atoms. The van der Waals surface area contributed by atoms with Crippen molar-refractivity contribution in [2.45, 2.75) is 31.4 Å². The van der Waals surface area contributed by atoms with Gasteiger partial charge in [0.2, 0.25) is 5.91 Å². The van der Waals surface area contributed by atoms with Crippen LogP contribution in [0.2, 0.25) is 0 Å². The van der Waals surface area contributed by atoms with Crippen molar-refractivity contribution >= 4 is 27.5 Å². The maximum absolute atomic E-state index is 12.1. The van der Waals surface area contributed by atoms with Crippen LogP contribution in [0.25, 0.3) is 0 Å². The summed E-state index contributed by atoms with van der Waals surface area (Å²) >= 11 is 3.46. The highest BCUT2D eigenvalue weighted by molar-refractivity contribution is 9.10. The van der Waals surface area contributed by atoms with Crippen molar-refractivity contribution < 1.29 is 9.53 Å². The third-order valence-electron chi connectivity index (χ3n) is 4.15. The smallest absolute Gasteiger partial charge is 0.227 e. The van der Waals surface area contributed by atoms with Crippen molar-refractivity contribution in [1.29, 1.82) is 0 Å². The molecule has 1 aliphatic carbocycles. The van der Waals surface area contributed by atoms with Gasteiger partial charge >= 0.3 is 0 Å². The van der Waals surface area contributed by atoms with Gasteiger partial charge in [-0.05, 0) is 37.0 Å². The van der Waals surface area contributed by atoms with Crippen LogP contribution in [-0.2, 0) is 4.79 Å². The Hall–Kier alpha value is -1.03. The van der Waals surface area contributed by atoms with E-state index in [-0.39, 0.29) is 18.1 Å². The highest BCUT2D eigenvalue weighted by Gasteiger charge is 2.52. The Labute approximate surface area is 108 Å². The summed E-state index contributed by atoms with van der Waals surface area (Å²) < 4.78 is 7.02. The normalized spacial score (nSPS) is 33.4. The van der Waals surface area contributed by atoms with E-state index in [9.17, 15) is 4.79 Å². The van der Waals surface area contributed by atoms with Gasteiger partial charge in [-0.1, -0.05) is 15.9 Å². The SMILES string of the molecule is O=C1C[C@H]2CC[C@H]3Oc4ccc(Br)cc4N1[C@@H]23. The second kappa shape index (κ2) is 3.25. The molecule has 4 rings (SSSR count). The summed E-state index contributed by atoms with van der Waals surface area (Å²) in [6.45, 7) is 0. The van der Waals surface area contributed by atoms with Crippen molar-refractivity contribution in [2.75, 3.05) is 4.90 Å². The molecule has 3 atom stereocenters. The van der Waals surface area contributed by atoms with E-state index in [1.54, 1.807) is 0 Å². The van der Waals surface area contributed by atoms with Gasteiger partial charge in [0.15, 0.2) is 0 Å². The molecule has 3 aliphatic rings. The minimum atomic E-state index is 0.208. The highest BCUT2D eigenvalue weighted by Crippen LogP contribution is 2.49. The minimum absolute atomic E-state index is 0.208. The highest BCUT2D eigenvalue weighted by atomic mass is 79.9. The first-order valence-electron chi connectivity index (χ1n) is 6.02. The lowest BCUT2D eigenvalue weighted by Crippen LogP contribution is -2.46. The number of nitrogens with zero attached hydrogens (tertiary/aromatic N) is 1. The van der Waals surface area contributed by atoms with E-state index in [4.69, 9.17) is 4.74 Å². The monoisotopic (exact) mass is 293 g/mol. The molecule has 0 N–H and O–H groups in total. The number of anilines is 1. The number of halogens is 1. The van der Waals surface area contributed by atoms with Gasteiger partial charge in [-0.15, -0.1) is 0 Å². The predicted molar refractivity (Wildman–Crippen MR) is 67.2 cm³/mol. The zero-order valence-electron chi connectivity index (χ0n) is 9.23. The Bertz CT molecular complexity index is 516. The van der Waals surface area contributed by atoms with Gasteiger partial charge in [-0.3, -0.25) is 4.79 Å². The van der Waals surface area contributed by atoms with Gasteiger partial charge < -0.3 is 9.64 Å². The number of fused-ring (bicyclic) bond motifs is 2. The van der Waals surface area contributed by atoms with E-state index in [1.807, 2.05) is 23.1 Å². The van der Waals surface area contributed by atoms with E-state index >= 15 is 0 Å². The standard InChI is InChI=1S/C13H12BrNO2/c14-8-2-4-10-9(6-8)15-12(16)5-7-1-3-11(17-10)13(7)15/h2,4,6-7,11,13H,1,3,5H2/t7-,11-,13+/m1/s1. The largest absolute Gasteiger partial charge is 0.486 e. The number of amides is 1. The van der Waals surface area contributed by atoms with E-state index in [1.165, 1.54) is 0 Å². The number of carbonyl (C=O) groups is 1. The fourth-order valence-corrected chi connectivity index (χ4v) is 3.83. The number of carbonyl (C=O) groups excluding carboxylic acids is 1. The van der Waals surface area contributed by atoms with Crippen LogP contribution in [0.5, 0.6) is 5.75 Å². The summed E-state index contributed by atoms with van der Waals surface area (Å²) in [7, 11) is 0. The Kier molecular flexibility index (Phi) is 1.90. The minimum Gasteiger partial charge on any atom is -0.486 e. The molecule has 0 aromatic heterocycles. The van der Waals surface area contributed by atoms with Crippen LogP contribution in [0.3, 0.4) is 0 Å². The molecular formula is C13H12BrNO2. The first kappa shape index (κ1) is 9.95. The van der Waals surface area contributed by atoms with Crippen molar-refractivity contribution in [2.24, 2.45) is 5.92 Å². The molecule has 1 amide bonds. The van der Waals surface area contributed by atoms with Gasteiger partial charge in [-0.2, -0.15) is 0 Å².